The molecule has 1 aliphatic carbocycles. The maximum Gasteiger partial charge on any atom is 0.230 e. The Kier molecular flexibility index (Phi) is 4.21. The summed E-state index contributed by atoms with van der Waals surface area (Å²) in [4.78, 5) is 12.8. The second-order valence-electron chi connectivity index (χ2n) is 6.05. The monoisotopic (exact) mass is 317 g/mol. The van der Waals surface area contributed by atoms with E-state index in [1.165, 1.54) is 0 Å². The first-order valence-electron chi connectivity index (χ1n) is 7.65. The first-order valence-corrected chi connectivity index (χ1v) is 8.02. The Bertz CT molecular complexity index is 632. The molecule has 1 amide bonds. The molecule has 1 aliphatic rings. The number of aromatic nitrogens is 2. The fourth-order valence-electron chi connectivity index (χ4n) is 3.04. The molecule has 1 unspecified atom stereocenters. The summed E-state index contributed by atoms with van der Waals surface area (Å²) in [7, 11) is 0. The number of hydrogen-bond acceptors (Lipinski definition) is 2. The van der Waals surface area contributed by atoms with Gasteiger partial charge in [-0.05, 0) is 43.5 Å². The van der Waals surface area contributed by atoms with Gasteiger partial charge in [-0.3, -0.25) is 9.48 Å². The Morgan fingerprint density at radius 2 is 2.14 bits per heavy atom. The molecule has 116 valence electrons. The molecule has 0 bridgehead atoms. The van der Waals surface area contributed by atoms with Crippen LogP contribution in [0.4, 0.5) is 0 Å². The molecule has 2 aromatic rings. The minimum absolute atomic E-state index is 0.0391. The molecule has 1 atom stereocenters. The van der Waals surface area contributed by atoms with Crippen molar-refractivity contribution in [1.29, 1.82) is 0 Å². The largest absolute Gasteiger partial charge is 0.351 e. The third kappa shape index (κ3) is 2.88. The van der Waals surface area contributed by atoms with Crippen LogP contribution in [0.1, 0.15) is 31.7 Å². The second kappa shape index (κ2) is 6.13. The molecule has 1 aromatic heterocycles. The Hall–Kier alpha value is -1.81. The minimum atomic E-state index is -0.386. The van der Waals surface area contributed by atoms with E-state index in [2.05, 4.69) is 10.4 Å². The van der Waals surface area contributed by atoms with Crippen LogP contribution in [0, 0.1) is 0 Å². The van der Waals surface area contributed by atoms with Crippen LogP contribution < -0.4 is 5.32 Å². The quantitative estimate of drug-likeness (QED) is 0.920. The number of nitrogens with zero attached hydrogens (tertiary/aromatic N) is 2. The zero-order valence-corrected chi connectivity index (χ0v) is 13.4. The molecule has 1 N–H and O–H groups in total. The van der Waals surface area contributed by atoms with Crippen LogP contribution in [0.3, 0.4) is 0 Å². The zero-order valence-electron chi connectivity index (χ0n) is 12.6. The number of halogens is 1. The van der Waals surface area contributed by atoms with E-state index in [4.69, 9.17) is 11.6 Å². The van der Waals surface area contributed by atoms with Gasteiger partial charge in [0, 0.05) is 23.5 Å². The lowest BCUT2D eigenvalue weighted by atomic mass is 9.63. The second-order valence-corrected chi connectivity index (χ2v) is 6.48. The average molecular weight is 318 g/mol. The summed E-state index contributed by atoms with van der Waals surface area (Å²) in [6.45, 7) is 2.68. The van der Waals surface area contributed by atoms with Crippen molar-refractivity contribution < 1.29 is 4.79 Å². The molecule has 1 fully saturated rings. The standard InChI is InChI=1S/C17H20ClN3O/c1-13(12-21-11-3-10-19-21)20-16(22)17(8-2-9-17)14-4-6-15(18)7-5-14/h3-7,10-11,13H,2,8-9,12H2,1H3,(H,20,22). The molecule has 5 heteroatoms. The maximum atomic E-state index is 12.8. The fourth-order valence-corrected chi connectivity index (χ4v) is 3.17. The number of benzene rings is 1. The van der Waals surface area contributed by atoms with E-state index in [1.54, 1.807) is 6.20 Å². The molecule has 0 radical (unpaired) electrons. The minimum Gasteiger partial charge on any atom is -0.351 e. The fraction of sp³-hybridized carbons (Fsp3) is 0.412. The summed E-state index contributed by atoms with van der Waals surface area (Å²) in [5, 5.41) is 8.02. The van der Waals surface area contributed by atoms with Gasteiger partial charge in [-0.25, -0.2) is 0 Å². The molecule has 0 saturated heterocycles. The highest BCUT2D eigenvalue weighted by Crippen LogP contribution is 2.44. The number of nitrogens with one attached hydrogen (secondary N) is 1. The lowest BCUT2D eigenvalue weighted by Crippen LogP contribution is -2.52. The average Bonchev–Trinajstić information content (AvgIpc) is 2.92. The predicted octanol–water partition coefficient (Wildman–Crippen LogP) is 3.16. The molecule has 1 heterocycles. The number of carbonyl (C=O) groups excluding carboxylic acids is 1. The molecule has 3 rings (SSSR count). The van der Waals surface area contributed by atoms with Crippen molar-refractivity contribution in [3.05, 3.63) is 53.3 Å². The summed E-state index contributed by atoms with van der Waals surface area (Å²) >= 11 is 5.96. The number of hydrogen-bond donors (Lipinski definition) is 1. The van der Waals surface area contributed by atoms with Gasteiger partial charge < -0.3 is 5.32 Å². The van der Waals surface area contributed by atoms with Crippen LogP contribution in [0.15, 0.2) is 42.7 Å². The normalized spacial score (nSPS) is 17.5. The van der Waals surface area contributed by atoms with Crippen LogP contribution in [-0.4, -0.2) is 21.7 Å². The summed E-state index contributed by atoms with van der Waals surface area (Å²) in [5.74, 6) is 0.112. The van der Waals surface area contributed by atoms with Crippen LogP contribution in [-0.2, 0) is 16.8 Å². The Morgan fingerprint density at radius 1 is 1.41 bits per heavy atom. The van der Waals surface area contributed by atoms with Gasteiger partial charge in [-0.1, -0.05) is 30.2 Å². The van der Waals surface area contributed by atoms with Gasteiger partial charge in [-0.2, -0.15) is 5.10 Å². The summed E-state index contributed by atoms with van der Waals surface area (Å²) < 4.78 is 1.83. The number of carbonyl (C=O) groups is 1. The molecule has 4 nitrogen and oxygen atoms in total. The number of amides is 1. The molecule has 0 aliphatic heterocycles. The SMILES string of the molecule is CC(Cn1cccn1)NC(=O)C1(c2ccc(Cl)cc2)CCC1. The van der Waals surface area contributed by atoms with Gasteiger partial charge in [0.15, 0.2) is 0 Å². The smallest absolute Gasteiger partial charge is 0.230 e. The van der Waals surface area contributed by atoms with Gasteiger partial charge in [0.25, 0.3) is 0 Å². The van der Waals surface area contributed by atoms with Crippen molar-refractivity contribution in [3.63, 3.8) is 0 Å². The highest BCUT2D eigenvalue weighted by atomic mass is 35.5. The van der Waals surface area contributed by atoms with Crippen molar-refractivity contribution >= 4 is 17.5 Å². The molecule has 1 aromatic carbocycles. The molecule has 0 spiro atoms. The zero-order chi connectivity index (χ0) is 15.6. The predicted molar refractivity (Wildman–Crippen MR) is 86.8 cm³/mol. The van der Waals surface area contributed by atoms with Gasteiger partial charge >= 0.3 is 0 Å². The van der Waals surface area contributed by atoms with E-state index in [-0.39, 0.29) is 17.4 Å². The molecule has 22 heavy (non-hydrogen) atoms. The highest BCUT2D eigenvalue weighted by Gasteiger charge is 2.45. The van der Waals surface area contributed by atoms with Gasteiger partial charge in [0.2, 0.25) is 5.91 Å². The third-order valence-electron chi connectivity index (χ3n) is 4.44. The Balaban J connectivity index is 1.70. The van der Waals surface area contributed by atoms with Crippen LogP contribution >= 0.6 is 11.6 Å². The first kappa shape index (κ1) is 15.1. The van der Waals surface area contributed by atoms with Gasteiger partial charge in [0.1, 0.15) is 0 Å². The van der Waals surface area contributed by atoms with E-state index in [9.17, 15) is 4.79 Å². The van der Waals surface area contributed by atoms with Crippen molar-refractivity contribution in [2.24, 2.45) is 0 Å². The Labute approximate surface area is 135 Å². The van der Waals surface area contributed by atoms with Crippen molar-refractivity contribution in [1.82, 2.24) is 15.1 Å². The maximum absolute atomic E-state index is 12.8. The van der Waals surface area contributed by atoms with Gasteiger partial charge in [0.05, 0.1) is 12.0 Å². The molecule has 1 saturated carbocycles. The molecular weight excluding hydrogens is 298 g/mol. The summed E-state index contributed by atoms with van der Waals surface area (Å²) in [5.41, 5.74) is 0.676. The van der Waals surface area contributed by atoms with Crippen LogP contribution in [0.25, 0.3) is 0 Å². The van der Waals surface area contributed by atoms with Crippen molar-refractivity contribution in [3.8, 4) is 0 Å². The van der Waals surface area contributed by atoms with E-state index < -0.39 is 0 Å². The van der Waals surface area contributed by atoms with Gasteiger partial charge in [-0.15, -0.1) is 0 Å². The van der Waals surface area contributed by atoms with E-state index >= 15 is 0 Å². The summed E-state index contributed by atoms with van der Waals surface area (Å²) in [6, 6.07) is 9.58. The van der Waals surface area contributed by atoms with Crippen molar-refractivity contribution in [2.45, 2.75) is 44.2 Å². The van der Waals surface area contributed by atoms with Crippen molar-refractivity contribution in [2.75, 3.05) is 0 Å². The third-order valence-corrected chi connectivity index (χ3v) is 4.69. The first-order chi connectivity index (χ1) is 10.6. The summed E-state index contributed by atoms with van der Waals surface area (Å²) in [6.07, 6.45) is 6.53. The highest BCUT2D eigenvalue weighted by molar-refractivity contribution is 6.30. The topological polar surface area (TPSA) is 46.9 Å². The lowest BCUT2D eigenvalue weighted by molar-refractivity contribution is -0.130. The van der Waals surface area contributed by atoms with E-state index in [0.717, 1.165) is 24.8 Å². The Morgan fingerprint density at radius 3 is 2.68 bits per heavy atom. The van der Waals surface area contributed by atoms with E-state index in [1.807, 2.05) is 48.1 Å². The molecular formula is C17H20ClN3O. The lowest BCUT2D eigenvalue weighted by Gasteiger charge is -2.41. The van der Waals surface area contributed by atoms with Crippen LogP contribution in [0.2, 0.25) is 5.02 Å². The van der Waals surface area contributed by atoms with Crippen LogP contribution in [0.5, 0.6) is 0 Å². The van der Waals surface area contributed by atoms with E-state index in [0.29, 0.717) is 11.6 Å². The number of rotatable bonds is 5.